The number of anilines is 1. The van der Waals surface area contributed by atoms with Gasteiger partial charge in [0.15, 0.2) is 0 Å². The van der Waals surface area contributed by atoms with Crippen molar-refractivity contribution in [2.24, 2.45) is 0 Å². The molecule has 0 saturated heterocycles. The Hall–Kier alpha value is -2.04. The summed E-state index contributed by atoms with van der Waals surface area (Å²) in [5, 5.41) is 2.80. The van der Waals surface area contributed by atoms with Gasteiger partial charge in [0, 0.05) is 12.6 Å². The summed E-state index contributed by atoms with van der Waals surface area (Å²) in [6.45, 7) is 1.77. The third-order valence-corrected chi connectivity index (χ3v) is 2.43. The van der Waals surface area contributed by atoms with Crippen LogP contribution in [0, 0.1) is 12.7 Å². The summed E-state index contributed by atoms with van der Waals surface area (Å²) in [5.74, 6) is 0.831. The number of rotatable bonds is 3. The van der Waals surface area contributed by atoms with Crippen molar-refractivity contribution in [1.82, 2.24) is 4.98 Å². The molecule has 4 nitrogen and oxygen atoms in total. The lowest BCUT2D eigenvalue weighted by Gasteiger charge is -2.06. The highest BCUT2D eigenvalue weighted by Gasteiger charge is 2.15. The van der Waals surface area contributed by atoms with E-state index >= 15 is 0 Å². The number of nitrogens with one attached hydrogen (secondary N) is 1. The zero-order chi connectivity index (χ0) is 12.4. The quantitative estimate of drug-likeness (QED) is 0.890. The summed E-state index contributed by atoms with van der Waals surface area (Å²) in [6, 6.07) is 4.68. The van der Waals surface area contributed by atoms with Crippen LogP contribution in [0.3, 0.4) is 0 Å². The van der Waals surface area contributed by atoms with Gasteiger partial charge in [-0.1, -0.05) is 0 Å². The van der Waals surface area contributed by atoms with Gasteiger partial charge >= 0.3 is 0 Å². The van der Waals surface area contributed by atoms with Gasteiger partial charge in [-0.05, 0) is 25.1 Å². The van der Waals surface area contributed by atoms with E-state index < -0.39 is 0 Å². The minimum absolute atomic E-state index is 0.339. The Kier molecular flexibility index (Phi) is 2.99. The van der Waals surface area contributed by atoms with E-state index in [1.807, 2.05) is 0 Å². The predicted octanol–water partition coefficient (Wildman–Crippen LogP) is 2.84. The van der Waals surface area contributed by atoms with Crippen molar-refractivity contribution in [1.29, 1.82) is 0 Å². The lowest BCUT2D eigenvalue weighted by Crippen LogP contribution is -1.91. The first kappa shape index (κ1) is 11.4. The van der Waals surface area contributed by atoms with Gasteiger partial charge in [0.1, 0.15) is 23.0 Å². The predicted molar refractivity (Wildman–Crippen MR) is 62.7 cm³/mol. The molecule has 0 spiro atoms. The summed E-state index contributed by atoms with van der Waals surface area (Å²) in [6.07, 6.45) is 0. The molecule has 0 unspecified atom stereocenters. The van der Waals surface area contributed by atoms with Gasteiger partial charge in [0.2, 0.25) is 0 Å². The molecule has 2 rings (SSSR count). The molecule has 0 aliphatic heterocycles. The van der Waals surface area contributed by atoms with Crippen LogP contribution in [0.15, 0.2) is 22.6 Å². The average Bonchev–Trinajstić information content (AvgIpc) is 2.70. The number of hydrogen-bond donors (Lipinski definition) is 1. The minimum Gasteiger partial charge on any atom is -0.496 e. The van der Waals surface area contributed by atoms with Crippen molar-refractivity contribution < 1.29 is 13.5 Å². The molecule has 0 atom stereocenters. The van der Waals surface area contributed by atoms with Crippen molar-refractivity contribution >= 4 is 6.01 Å². The lowest BCUT2D eigenvalue weighted by atomic mass is 10.1. The third kappa shape index (κ3) is 2.08. The van der Waals surface area contributed by atoms with Crippen LogP contribution in [-0.4, -0.2) is 19.1 Å². The van der Waals surface area contributed by atoms with Crippen molar-refractivity contribution in [2.75, 3.05) is 19.5 Å². The molecular weight excluding hydrogens is 223 g/mol. The minimum atomic E-state index is -0.339. The summed E-state index contributed by atoms with van der Waals surface area (Å²) in [7, 11) is 3.24. The SMILES string of the molecule is CNc1nc(-c2cc(F)ccc2OC)c(C)o1. The van der Waals surface area contributed by atoms with E-state index in [0.29, 0.717) is 28.8 Å². The molecule has 5 heteroatoms. The van der Waals surface area contributed by atoms with Gasteiger partial charge in [-0.15, -0.1) is 0 Å². The summed E-state index contributed by atoms with van der Waals surface area (Å²) < 4.78 is 23.8. The molecule has 1 heterocycles. The van der Waals surface area contributed by atoms with E-state index in [9.17, 15) is 4.39 Å². The first-order chi connectivity index (χ1) is 8.15. The van der Waals surface area contributed by atoms with Gasteiger partial charge in [-0.3, -0.25) is 0 Å². The van der Waals surface area contributed by atoms with E-state index in [4.69, 9.17) is 9.15 Å². The Bertz CT molecular complexity index is 537. The van der Waals surface area contributed by atoms with E-state index in [1.165, 1.54) is 19.2 Å². The molecule has 0 saturated carbocycles. The van der Waals surface area contributed by atoms with Crippen LogP contribution >= 0.6 is 0 Å². The third-order valence-electron chi connectivity index (χ3n) is 2.43. The largest absolute Gasteiger partial charge is 0.496 e. The van der Waals surface area contributed by atoms with Crippen molar-refractivity contribution in [3.63, 3.8) is 0 Å². The van der Waals surface area contributed by atoms with Gasteiger partial charge in [-0.25, -0.2) is 4.39 Å². The molecule has 0 fully saturated rings. The topological polar surface area (TPSA) is 47.3 Å². The fourth-order valence-electron chi connectivity index (χ4n) is 1.62. The number of methoxy groups -OCH3 is 1. The number of ether oxygens (including phenoxy) is 1. The normalized spacial score (nSPS) is 10.4. The Balaban J connectivity index is 2.58. The number of hydrogen-bond acceptors (Lipinski definition) is 4. The zero-order valence-electron chi connectivity index (χ0n) is 9.87. The van der Waals surface area contributed by atoms with Crippen LogP contribution < -0.4 is 10.1 Å². The van der Waals surface area contributed by atoms with Gasteiger partial charge in [0.05, 0.1) is 7.11 Å². The van der Waals surface area contributed by atoms with Crippen LogP contribution in [-0.2, 0) is 0 Å². The first-order valence-corrected chi connectivity index (χ1v) is 5.14. The van der Waals surface area contributed by atoms with Gasteiger partial charge < -0.3 is 14.5 Å². The number of nitrogens with zero attached hydrogens (tertiary/aromatic N) is 1. The lowest BCUT2D eigenvalue weighted by molar-refractivity contribution is 0.415. The Labute approximate surface area is 98.4 Å². The molecule has 1 N–H and O–H groups in total. The maximum Gasteiger partial charge on any atom is 0.295 e. The molecule has 1 aromatic heterocycles. The van der Waals surface area contributed by atoms with E-state index in [-0.39, 0.29) is 5.82 Å². The molecule has 0 amide bonds. The maximum absolute atomic E-state index is 13.3. The molecule has 1 aromatic carbocycles. The maximum atomic E-state index is 13.3. The standard InChI is InChI=1S/C12H13FN2O2/c1-7-11(15-12(14-2)17-7)9-6-8(13)4-5-10(9)16-3/h4-6H,1-3H3,(H,14,15). The Morgan fingerprint density at radius 3 is 2.76 bits per heavy atom. The summed E-state index contributed by atoms with van der Waals surface area (Å²) >= 11 is 0. The van der Waals surface area contributed by atoms with Crippen LogP contribution in [0.25, 0.3) is 11.3 Å². The van der Waals surface area contributed by atoms with E-state index in [0.717, 1.165) is 0 Å². The second-order valence-electron chi connectivity index (χ2n) is 3.52. The van der Waals surface area contributed by atoms with Crippen molar-refractivity contribution in [3.8, 4) is 17.0 Å². The molecule has 0 aliphatic rings. The number of aryl methyl sites for hydroxylation is 1. The molecule has 0 radical (unpaired) electrons. The fraction of sp³-hybridized carbons (Fsp3) is 0.250. The fourth-order valence-corrected chi connectivity index (χ4v) is 1.62. The summed E-state index contributed by atoms with van der Waals surface area (Å²) in [5.41, 5.74) is 1.15. The van der Waals surface area contributed by atoms with Crippen LogP contribution in [0.5, 0.6) is 5.75 Å². The molecular formula is C12H13FN2O2. The highest BCUT2D eigenvalue weighted by Crippen LogP contribution is 2.33. The van der Waals surface area contributed by atoms with E-state index in [2.05, 4.69) is 10.3 Å². The monoisotopic (exact) mass is 236 g/mol. The second kappa shape index (κ2) is 4.45. The Morgan fingerprint density at radius 1 is 1.41 bits per heavy atom. The van der Waals surface area contributed by atoms with Gasteiger partial charge in [0.25, 0.3) is 6.01 Å². The van der Waals surface area contributed by atoms with E-state index in [1.54, 1.807) is 20.0 Å². The van der Waals surface area contributed by atoms with Crippen molar-refractivity contribution in [2.45, 2.75) is 6.92 Å². The zero-order valence-corrected chi connectivity index (χ0v) is 9.87. The highest BCUT2D eigenvalue weighted by atomic mass is 19.1. The molecule has 17 heavy (non-hydrogen) atoms. The van der Waals surface area contributed by atoms with Gasteiger partial charge in [-0.2, -0.15) is 4.98 Å². The average molecular weight is 236 g/mol. The number of benzene rings is 1. The number of halogens is 1. The van der Waals surface area contributed by atoms with Crippen LogP contribution in [0.4, 0.5) is 10.4 Å². The van der Waals surface area contributed by atoms with Crippen LogP contribution in [0.1, 0.15) is 5.76 Å². The van der Waals surface area contributed by atoms with Crippen molar-refractivity contribution in [3.05, 3.63) is 29.8 Å². The number of oxazole rings is 1. The summed E-state index contributed by atoms with van der Waals surface area (Å²) in [4.78, 5) is 4.22. The first-order valence-electron chi connectivity index (χ1n) is 5.14. The number of aromatic nitrogens is 1. The molecule has 2 aromatic rings. The highest BCUT2D eigenvalue weighted by molar-refractivity contribution is 5.69. The molecule has 0 bridgehead atoms. The van der Waals surface area contributed by atoms with Crippen LogP contribution in [0.2, 0.25) is 0 Å². The Morgan fingerprint density at radius 2 is 2.18 bits per heavy atom. The second-order valence-corrected chi connectivity index (χ2v) is 3.52. The molecule has 0 aliphatic carbocycles. The smallest absolute Gasteiger partial charge is 0.295 e. The molecule has 90 valence electrons.